The lowest BCUT2D eigenvalue weighted by atomic mass is 10.1. The van der Waals surface area contributed by atoms with E-state index in [-0.39, 0.29) is 12.5 Å². The van der Waals surface area contributed by atoms with Crippen LogP contribution in [0.5, 0.6) is 11.5 Å². The summed E-state index contributed by atoms with van der Waals surface area (Å²) < 4.78 is 10.6. The number of ether oxygens (including phenoxy) is 2. The highest BCUT2D eigenvalue weighted by molar-refractivity contribution is 6.33. The molecular weight excluding hydrogens is 468 g/mol. The molecule has 8 nitrogen and oxygen atoms in total. The van der Waals surface area contributed by atoms with Crippen LogP contribution < -0.4 is 25.1 Å². The average Bonchev–Trinajstić information content (AvgIpc) is 3.31. The van der Waals surface area contributed by atoms with Crippen molar-refractivity contribution in [3.63, 3.8) is 0 Å². The number of hydrogen-bond acceptors (Lipinski definition) is 6. The Balaban J connectivity index is 1.54. The summed E-state index contributed by atoms with van der Waals surface area (Å²) in [4.78, 5) is 27.6. The van der Waals surface area contributed by atoms with E-state index in [9.17, 15) is 9.59 Å². The molecule has 0 saturated carbocycles. The molecule has 0 bridgehead atoms. The van der Waals surface area contributed by atoms with Crippen LogP contribution in [-0.4, -0.2) is 38.9 Å². The van der Waals surface area contributed by atoms with Crippen molar-refractivity contribution >= 4 is 41.4 Å². The molecule has 2 amide bonds. The number of nitrogens with zero attached hydrogens (tertiary/aromatic N) is 2. The van der Waals surface area contributed by atoms with E-state index in [0.29, 0.717) is 27.6 Å². The lowest BCUT2D eigenvalue weighted by Crippen LogP contribution is -2.32. The molecule has 1 heterocycles. The number of amides is 2. The molecule has 2 N–H and O–H groups in total. The number of hydrogen-bond donors (Lipinski definition) is 2. The third kappa shape index (κ3) is 5.99. The molecule has 35 heavy (non-hydrogen) atoms. The lowest BCUT2D eigenvalue weighted by Gasteiger charge is -2.12. The maximum absolute atomic E-state index is 13.0. The average molecular weight is 491 g/mol. The number of fused-ring (bicyclic) bond motifs is 1. The van der Waals surface area contributed by atoms with Gasteiger partial charge < -0.3 is 19.7 Å². The van der Waals surface area contributed by atoms with Gasteiger partial charge in [0.15, 0.2) is 11.5 Å². The summed E-state index contributed by atoms with van der Waals surface area (Å²) in [5, 5.41) is 7.07. The number of rotatable bonds is 7. The molecule has 1 aliphatic heterocycles. The first-order valence-electron chi connectivity index (χ1n) is 10.7. The van der Waals surface area contributed by atoms with Crippen LogP contribution >= 0.6 is 11.6 Å². The predicted octanol–water partition coefficient (Wildman–Crippen LogP) is 4.06. The van der Waals surface area contributed by atoms with Crippen LogP contribution in [0.25, 0.3) is 6.08 Å². The van der Waals surface area contributed by atoms with Crippen LogP contribution in [-0.2, 0) is 4.79 Å². The van der Waals surface area contributed by atoms with E-state index in [2.05, 4.69) is 15.8 Å². The zero-order valence-electron chi connectivity index (χ0n) is 19.1. The van der Waals surface area contributed by atoms with E-state index in [4.69, 9.17) is 21.1 Å². The molecule has 1 aliphatic rings. The molecule has 0 aliphatic carbocycles. The Kier molecular flexibility index (Phi) is 7.32. The zero-order valence-corrected chi connectivity index (χ0v) is 19.9. The third-order valence-electron chi connectivity index (χ3n) is 5.11. The van der Waals surface area contributed by atoms with E-state index in [1.807, 2.05) is 49.3 Å². The minimum absolute atomic E-state index is 0.0328. The number of nitrogens with one attached hydrogen (secondary N) is 2. The molecule has 4 rings (SSSR count). The Labute approximate surface area is 207 Å². The van der Waals surface area contributed by atoms with Crippen LogP contribution in [0, 0.1) is 0 Å². The largest absolute Gasteiger partial charge is 0.454 e. The summed E-state index contributed by atoms with van der Waals surface area (Å²) in [5.74, 6) is 0.0724. The van der Waals surface area contributed by atoms with Crippen molar-refractivity contribution in [1.82, 2.24) is 10.7 Å². The van der Waals surface area contributed by atoms with Crippen LogP contribution in [0.15, 0.2) is 77.5 Å². The Morgan fingerprint density at radius 3 is 2.37 bits per heavy atom. The summed E-state index contributed by atoms with van der Waals surface area (Å²) in [7, 11) is 3.88. The van der Waals surface area contributed by atoms with Gasteiger partial charge in [-0.25, -0.2) is 5.43 Å². The van der Waals surface area contributed by atoms with Crippen LogP contribution in [0.3, 0.4) is 0 Å². The molecule has 0 atom stereocenters. The normalized spacial score (nSPS) is 12.5. The Morgan fingerprint density at radius 1 is 1.00 bits per heavy atom. The van der Waals surface area contributed by atoms with Gasteiger partial charge in [0.1, 0.15) is 5.70 Å². The summed E-state index contributed by atoms with van der Waals surface area (Å²) in [6.07, 6.45) is 2.98. The molecule has 0 radical (unpaired) electrons. The smallest absolute Gasteiger partial charge is 0.287 e. The number of halogens is 1. The van der Waals surface area contributed by atoms with Gasteiger partial charge in [0, 0.05) is 37.0 Å². The van der Waals surface area contributed by atoms with Crippen molar-refractivity contribution in [3.8, 4) is 11.5 Å². The van der Waals surface area contributed by atoms with Crippen LogP contribution in [0.2, 0.25) is 5.02 Å². The van der Waals surface area contributed by atoms with Gasteiger partial charge in [-0.2, -0.15) is 5.10 Å². The number of carbonyl (C=O) groups is 2. The summed E-state index contributed by atoms with van der Waals surface area (Å²) in [6.45, 7) is 0.119. The molecule has 9 heteroatoms. The van der Waals surface area contributed by atoms with E-state index in [1.54, 1.807) is 42.5 Å². The topological polar surface area (TPSA) is 92.3 Å². The molecular formula is C26H23ClN4O4. The highest BCUT2D eigenvalue weighted by Crippen LogP contribution is 2.36. The van der Waals surface area contributed by atoms with Gasteiger partial charge in [-0.1, -0.05) is 41.9 Å². The third-order valence-corrected chi connectivity index (χ3v) is 5.44. The SMILES string of the molecule is CN(C)c1ccc(C=C(NC(=O)c2ccccc2)C(=O)NN=Cc2cc3c(cc2Cl)OCO3)cc1. The van der Waals surface area contributed by atoms with E-state index < -0.39 is 11.8 Å². The first-order chi connectivity index (χ1) is 16.9. The van der Waals surface area contributed by atoms with Crippen molar-refractivity contribution in [2.75, 3.05) is 25.8 Å². The van der Waals surface area contributed by atoms with Crippen LogP contribution in [0.1, 0.15) is 21.5 Å². The van der Waals surface area contributed by atoms with Gasteiger partial charge in [-0.15, -0.1) is 0 Å². The first kappa shape index (κ1) is 23.8. The van der Waals surface area contributed by atoms with Crippen molar-refractivity contribution in [3.05, 3.63) is 94.1 Å². The Bertz CT molecular complexity index is 1290. The van der Waals surface area contributed by atoms with Gasteiger partial charge >= 0.3 is 0 Å². The summed E-state index contributed by atoms with van der Waals surface area (Å²) >= 11 is 6.25. The maximum Gasteiger partial charge on any atom is 0.287 e. The molecule has 0 spiro atoms. The number of anilines is 1. The number of benzene rings is 3. The highest BCUT2D eigenvalue weighted by atomic mass is 35.5. The van der Waals surface area contributed by atoms with Crippen molar-refractivity contribution in [1.29, 1.82) is 0 Å². The quantitative estimate of drug-likeness (QED) is 0.296. The molecule has 0 fully saturated rings. The summed E-state index contributed by atoms with van der Waals surface area (Å²) in [5.41, 5.74) is 5.17. The number of hydrazone groups is 1. The van der Waals surface area contributed by atoms with Gasteiger partial charge in [0.2, 0.25) is 6.79 Å². The predicted molar refractivity (Wildman–Crippen MR) is 136 cm³/mol. The second-order valence-electron chi connectivity index (χ2n) is 7.79. The molecule has 178 valence electrons. The molecule has 3 aromatic rings. The minimum Gasteiger partial charge on any atom is -0.454 e. The fourth-order valence-corrected chi connectivity index (χ4v) is 3.43. The van der Waals surface area contributed by atoms with Crippen molar-refractivity contribution in [2.45, 2.75) is 0 Å². The van der Waals surface area contributed by atoms with E-state index >= 15 is 0 Å². The van der Waals surface area contributed by atoms with Gasteiger partial charge in [0.05, 0.1) is 11.2 Å². The van der Waals surface area contributed by atoms with Gasteiger partial charge in [0.25, 0.3) is 11.8 Å². The Hall–Kier alpha value is -4.30. The standard InChI is InChI=1S/C26H23ClN4O4/c1-31(2)20-10-8-17(9-11-20)12-22(29-25(32)18-6-4-3-5-7-18)26(33)30-28-15-19-13-23-24(14-21(19)27)35-16-34-23/h3-15H,16H2,1-2H3,(H,29,32)(H,30,33). The van der Waals surface area contributed by atoms with Gasteiger partial charge in [-0.05, 0) is 42.0 Å². The molecule has 0 saturated heterocycles. The second kappa shape index (κ2) is 10.8. The van der Waals surface area contributed by atoms with Crippen LogP contribution in [0.4, 0.5) is 5.69 Å². The van der Waals surface area contributed by atoms with E-state index in [0.717, 1.165) is 11.3 Å². The molecule has 0 aromatic heterocycles. The summed E-state index contributed by atoms with van der Waals surface area (Å²) in [6, 6.07) is 19.5. The van der Waals surface area contributed by atoms with Crippen molar-refractivity contribution < 1.29 is 19.1 Å². The zero-order chi connectivity index (χ0) is 24.8. The Morgan fingerprint density at radius 2 is 1.69 bits per heavy atom. The fraction of sp³-hybridized carbons (Fsp3) is 0.115. The highest BCUT2D eigenvalue weighted by Gasteiger charge is 2.17. The molecule has 3 aromatic carbocycles. The molecule has 0 unspecified atom stereocenters. The van der Waals surface area contributed by atoms with Crippen molar-refractivity contribution in [2.24, 2.45) is 5.10 Å². The fourth-order valence-electron chi connectivity index (χ4n) is 3.23. The van der Waals surface area contributed by atoms with Gasteiger partial charge in [-0.3, -0.25) is 9.59 Å². The minimum atomic E-state index is -0.598. The monoisotopic (exact) mass is 490 g/mol. The van der Waals surface area contributed by atoms with E-state index in [1.165, 1.54) is 6.21 Å². The first-order valence-corrected chi connectivity index (χ1v) is 11.1. The second-order valence-corrected chi connectivity index (χ2v) is 8.20. The number of carbonyl (C=O) groups excluding carboxylic acids is 2. The maximum atomic E-state index is 13.0. The lowest BCUT2D eigenvalue weighted by molar-refractivity contribution is -0.117.